The van der Waals surface area contributed by atoms with Gasteiger partial charge in [-0.3, -0.25) is 14.8 Å². The van der Waals surface area contributed by atoms with E-state index in [2.05, 4.69) is 25.9 Å². The van der Waals surface area contributed by atoms with Crippen LogP contribution in [-0.2, 0) is 4.79 Å². The molecule has 0 unspecified atom stereocenters. The second-order valence-electron chi connectivity index (χ2n) is 12.5. The highest BCUT2D eigenvalue weighted by Crippen LogP contribution is 2.38. The lowest BCUT2D eigenvalue weighted by Gasteiger charge is -2.41. The second-order valence-corrected chi connectivity index (χ2v) is 12.9. The van der Waals surface area contributed by atoms with E-state index in [0.717, 1.165) is 30.8 Å². The van der Waals surface area contributed by atoms with E-state index < -0.39 is 23.6 Å². The van der Waals surface area contributed by atoms with Crippen LogP contribution >= 0.6 is 11.6 Å². The van der Waals surface area contributed by atoms with Gasteiger partial charge in [0.15, 0.2) is 11.6 Å². The third kappa shape index (κ3) is 6.54. The number of anilines is 1. The van der Waals surface area contributed by atoms with Crippen LogP contribution in [0.25, 0.3) is 39.0 Å². The maximum absolute atomic E-state index is 16.8. The topological polar surface area (TPSA) is 111 Å². The molecule has 0 N–H and O–H groups in total. The third-order valence-electron chi connectivity index (χ3n) is 9.37. The molecule has 0 radical (unpaired) electrons. The van der Waals surface area contributed by atoms with Crippen molar-refractivity contribution in [3.8, 4) is 23.3 Å². The molecule has 2 aliphatic heterocycles. The number of benzene rings is 2. The fourth-order valence-electron chi connectivity index (χ4n) is 6.75. The minimum absolute atomic E-state index is 0.000481. The average Bonchev–Trinajstić information content (AvgIpc) is 3.55. The molecule has 50 heavy (non-hydrogen) atoms. The summed E-state index contributed by atoms with van der Waals surface area (Å²) in [5, 5.41) is 12.0. The van der Waals surface area contributed by atoms with E-state index in [4.69, 9.17) is 21.3 Å². The van der Waals surface area contributed by atoms with Gasteiger partial charge in [-0.2, -0.15) is 15.2 Å². The predicted molar refractivity (Wildman–Crippen MR) is 188 cm³/mol. The number of rotatable bonds is 8. The number of pyridine rings is 2. The van der Waals surface area contributed by atoms with Gasteiger partial charge in [-0.25, -0.2) is 8.78 Å². The number of hydrogen-bond donors (Lipinski definition) is 0. The van der Waals surface area contributed by atoms with Crippen LogP contribution < -0.4 is 9.64 Å². The van der Waals surface area contributed by atoms with Crippen LogP contribution in [0.4, 0.5) is 14.6 Å². The molecule has 2 atom stereocenters. The number of carbonyl (C=O) groups is 1. The highest BCUT2D eigenvalue weighted by atomic mass is 35.5. The minimum Gasteiger partial charge on any atom is -0.462 e. The van der Waals surface area contributed by atoms with Crippen LogP contribution in [-0.4, -0.2) is 87.6 Å². The average molecular weight is 695 g/mol. The van der Waals surface area contributed by atoms with Crippen LogP contribution in [0.15, 0.2) is 72.8 Å². The van der Waals surface area contributed by atoms with Crippen LogP contribution in [0.5, 0.6) is 6.01 Å². The van der Waals surface area contributed by atoms with Gasteiger partial charge in [0, 0.05) is 60.1 Å². The van der Waals surface area contributed by atoms with Gasteiger partial charge >= 0.3 is 6.01 Å². The van der Waals surface area contributed by atoms with E-state index in [1.54, 1.807) is 30.3 Å². The van der Waals surface area contributed by atoms with Gasteiger partial charge in [-0.1, -0.05) is 48.0 Å². The number of nitriles is 1. The summed E-state index contributed by atoms with van der Waals surface area (Å²) < 4.78 is 38.1. The largest absolute Gasteiger partial charge is 0.462 e. The number of hydrogen-bond acceptors (Lipinski definition) is 9. The van der Waals surface area contributed by atoms with Crippen molar-refractivity contribution in [3.05, 3.63) is 89.4 Å². The molecule has 2 aromatic carbocycles. The van der Waals surface area contributed by atoms with Crippen LogP contribution in [0.1, 0.15) is 25.0 Å². The number of piperazine rings is 1. The molecule has 0 spiro atoms. The summed E-state index contributed by atoms with van der Waals surface area (Å²) in [5.74, 6) is -2.13. The number of aromatic nitrogens is 4. The molecule has 7 rings (SSSR count). The van der Waals surface area contributed by atoms with E-state index in [0.29, 0.717) is 39.5 Å². The van der Waals surface area contributed by atoms with Crippen molar-refractivity contribution in [2.45, 2.75) is 31.3 Å². The zero-order valence-electron chi connectivity index (χ0n) is 27.3. The zero-order chi connectivity index (χ0) is 34.8. The minimum atomic E-state index is -0.979. The molecule has 254 valence electrons. The molecule has 5 heterocycles. The van der Waals surface area contributed by atoms with Crippen molar-refractivity contribution in [2.75, 3.05) is 44.7 Å². The molecule has 0 bridgehead atoms. The van der Waals surface area contributed by atoms with Crippen molar-refractivity contribution in [1.29, 1.82) is 5.26 Å². The summed E-state index contributed by atoms with van der Waals surface area (Å²) in [7, 11) is 2.03. The fourth-order valence-corrected chi connectivity index (χ4v) is 7.04. The van der Waals surface area contributed by atoms with Gasteiger partial charge in [0.2, 0.25) is 0 Å². The Morgan fingerprint density at radius 2 is 1.92 bits per heavy atom. The highest BCUT2D eigenvalue weighted by molar-refractivity contribution is 6.36. The first-order chi connectivity index (χ1) is 24.3. The summed E-state index contributed by atoms with van der Waals surface area (Å²) in [4.78, 5) is 36.6. The van der Waals surface area contributed by atoms with Crippen molar-refractivity contribution >= 4 is 51.1 Å². The van der Waals surface area contributed by atoms with Gasteiger partial charge in [0.05, 0.1) is 29.6 Å². The molecule has 5 aromatic rings. The third-order valence-corrected chi connectivity index (χ3v) is 9.68. The lowest BCUT2D eigenvalue weighted by Crippen LogP contribution is -2.55. The van der Waals surface area contributed by atoms with Gasteiger partial charge in [-0.15, -0.1) is 0 Å². The summed E-state index contributed by atoms with van der Waals surface area (Å²) in [6.07, 6.45) is 6.06. The summed E-state index contributed by atoms with van der Waals surface area (Å²) in [5.41, 5.74) is 0.913. The lowest BCUT2D eigenvalue weighted by atomic mass is 10.0. The smallest absolute Gasteiger partial charge is 0.319 e. The first-order valence-corrected chi connectivity index (χ1v) is 16.8. The Kier molecular flexibility index (Phi) is 9.52. The Labute approximate surface area is 292 Å². The molecule has 10 nitrogen and oxygen atoms in total. The number of amides is 1. The van der Waals surface area contributed by atoms with Crippen molar-refractivity contribution in [1.82, 2.24) is 29.7 Å². The number of halogens is 3. The molecular weight excluding hydrogens is 662 g/mol. The van der Waals surface area contributed by atoms with Crippen molar-refractivity contribution in [3.63, 3.8) is 0 Å². The number of fused-ring (bicyclic) bond motifs is 2. The SMILES string of the molecule is CN1CCC[C@H]1COc1nc(N2CCN(C(=O)/C(F)=C/c3ccccn3)[C@@H](CC#N)C2)c2cnc(-c3cccc4cccc(Cl)c34)c(F)c2n1. The molecule has 0 aliphatic carbocycles. The quantitative estimate of drug-likeness (QED) is 0.169. The molecule has 2 aliphatic rings. The van der Waals surface area contributed by atoms with E-state index >= 15 is 8.78 Å². The van der Waals surface area contributed by atoms with Gasteiger partial charge < -0.3 is 19.4 Å². The van der Waals surface area contributed by atoms with Gasteiger partial charge in [0.25, 0.3) is 5.91 Å². The number of likely N-dealkylation sites (N-methyl/N-ethyl adjacent to an activating group) is 1. The van der Waals surface area contributed by atoms with Crippen LogP contribution in [0.3, 0.4) is 0 Å². The van der Waals surface area contributed by atoms with Crippen molar-refractivity contribution < 1.29 is 18.3 Å². The molecule has 13 heteroatoms. The standard InChI is InChI=1S/C37H33ClF2N8O2/c1-46-16-6-10-26(46)22-50-37-44-34-28(20-43-33(32(34)40)27-11-4-7-23-8-5-12-29(38)31(23)27)35(45-37)47-17-18-48(25(21-47)13-14-41)36(49)30(39)19-24-9-2-3-15-42-24/h2-5,7-9,11-12,15,19-20,25-26H,6,10,13,16-18,21-22H2,1H3/b30-19-/t25-,26-/m0/s1. The molecule has 0 saturated carbocycles. The van der Waals surface area contributed by atoms with E-state index in [1.165, 1.54) is 17.3 Å². The lowest BCUT2D eigenvalue weighted by molar-refractivity contribution is -0.131. The maximum Gasteiger partial charge on any atom is 0.319 e. The first-order valence-electron chi connectivity index (χ1n) is 16.4. The highest BCUT2D eigenvalue weighted by Gasteiger charge is 2.34. The van der Waals surface area contributed by atoms with Crippen LogP contribution in [0, 0.1) is 17.1 Å². The Balaban J connectivity index is 1.27. The number of ether oxygens (including phenoxy) is 1. The second kappa shape index (κ2) is 14.3. The molecule has 1 amide bonds. The van der Waals surface area contributed by atoms with E-state index in [-0.39, 0.29) is 49.3 Å². The van der Waals surface area contributed by atoms with E-state index in [9.17, 15) is 10.1 Å². The Morgan fingerprint density at radius 3 is 2.68 bits per heavy atom. The molecular formula is C37H33ClF2N8O2. The molecule has 2 saturated heterocycles. The number of likely N-dealkylation sites (tertiary alicyclic amines) is 1. The predicted octanol–water partition coefficient (Wildman–Crippen LogP) is 6.45. The Bertz CT molecular complexity index is 2140. The van der Waals surface area contributed by atoms with Crippen LogP contribution in [0.2, 0.25) is 5.02 Å². The van der Waals surface area contributed by atoms with E-state index in [1.807, 2.05) is 36.2 Å². The van der Waals surface area contributed by atoms with Gasteiger partial charge in [0.1, 0.15) is 23.6 Å². The number of nitrogens with zero attached hydrogens (tertiary/aromatic N) is 8. The summed E-state index contributed by atoms with van der Waals surface area (Å²) in [6, 6.07) is 17.6. The first kappa shape index (κ1) is 33.3. The normalized spacial score (nSPS) is 18.5. The summed E-state index contributed by atoms with van der Waals surface area (Å²) in [6.45, 7) is 1.72. The maximum atomic E-state index is 16.8. The fraction of sp³-hybridized carbons (Fsp3) is 0.297. The van der Waals surface area contributed by atoms with Gasteiger partial charge in [-0.05, 0) is 50.0 Å². The zero-order valence-corrected chi connectivity index (χ0v) is 28.0. The Hall–Kier alpha value is -5.25. The number of carbonyl (C=O) groups excluding carboxylic acids is 1. The Morgan fingerprint density at radius 1 is 1.08 bits per heavy atom. The monoisotopic (exact) mass is 694 g/mol. The van der Waals surface area contributed by atoms with Crippen molar-refractivity contribution in [2.24, 2.45) is 0 Å². The molecule has 3 aromatic heterocycles. The molecule has 2 fully saturated rings. The summed E-state index contributed by atoms with van der Waals surface area (Å²) >= 11 is 6.60.